The maximum Gasteiger partial charge on any atom is 0.416 e. The lowest BCUT2D eigenvalue weighted by Crippen LogP contribution is -2.43. The van der Waals surface area contributed by atoms with Crippen LogP contribution in [0.1, 0.15) is 15.9 Å². The van der Waals surface area contributed by atoms with Gasteiger partial charge in [0.05, 0.1) is 34.5 Å². The van der Waals surface area contributed by atoms with Crippen LogP contribution in [0.3, 0.4) is 0 Å². The first kappa shape index (κ1) is 21.9. The Morgan fingerprint density at radius 3 is 2.56 bits per heavy atom. The summed E-state index contributed by atoms with van der Waals surface area (Å²) in [5.74, 6) is 0.240. The molecule has 3 aromatic rings. The maximum absolute atomic E-state index is 12.9. The van der Waals surface area contributed by atoms with Crippen LogP contribution in [0.5, 0.6) is 5.75 Å². The molecule has 6 nitrogen and oxygen atoms in total. The van der Waals surface area contributed by atoms with Gasteiger partial charge < -0.3 is 20.1 Å². The summed E-state index contributed by atoms with van der Waals surface area (Å²) in [6.07, 6.45) is -2.99. The van der Waals surface area contributed by atoms with E-state index in [4.69, 9.17) is 16.3 Å². The molecule has 0 radical (unpaired) electrons. The highest BCUT2D eigenvalue weighted by Crippen LogP contribution is 2.41. The smallest absolute Gasteiger partial charge is 0.416 e. The maximum atomic E-state index is 12.9. The molecule has 0 bridgehead atoms. The largest absolute Gasteiger partial charge is 0.488 e. The quantitative estimate of drug-likeness (QED) is 0.576. The Hall–Kier alpha value is -3.30. The monoisotopic (exact) mass is 463 g/mol. The summed E-state index contributed by atoms with van der Waals surface area (Å²) in [5, 5.41) is 12.9. The van der Waals surface area contributed by atoms with Gasteiger partial charge in [-0.25, -0.2) is 4.98 Å². The van der Waals surface area contributed by atoms with Gasteiger partial charge in [0.15, 0.2) is 5.75 Å². The summed E-state index contributed by atoms with van der Waals surface area (Å²) in [7, 11) is 0. The number of pyridine rings is 1. The van der Waals surface area contributed by atoms with Gasteiger partial charge in [0.25, 0.3) is 5.91 Å². The van der Waals surface area contributed by atoms with Gasteiger partial charge in [-0.05, 0) is 48.5 Å². The van der Waals surface area contributed by atoms with Gasteiger partial charge in [-0.1, -0.05) is 17.7 Å². The number of para-hydroxylation sites is 1. The second kappa shape index (κ2) is 8.68. The molecule has 0 spiro atoms. The summed E-state index contributed by atoms with van der Waals surface area (Å²) >= 11 is 5.93. The van der Waals surface area contributed by atoms with Crippen LogP contribution in [-0.2, 0) is 6.18 Å². The summed E-state index contributed by atoms with van der Waals surface area (Å²) in [6.45, 7) is -0.121. The number of hydrogen-bond acceptors (Lipinski definition) is 5. The first-order valence-corrected chi connectivity index (χ1v) is 9.92. The molecule has 1 aliphatic heterocycles. The van der Waals surface area contributed by atoms with Crippen LogP contribution in [-0.4, -0.2) is 35.3 Å². The lowest BCUT2D eigenvalue weighted by molar-refractivity contribution is -0.137. The number of anilines is 3. The molecular weight excluding hydrogens is 447 g/mol. The third kappa shape index (κ3) is 4.35. The van der Waals surface area contributed by atoms with Crippen molar-refractivity contribution in [1.29, 1.82) is 0 Å². The van der Waals surface area contributed by atoms with Crippen molar-refractivity contribution < 1.29 is 27.8 Å². The van der Waals surface area contributed by atoms with Gasteiger partial charge in [0.2, 0.25) is 0 Å². The van der Waals surface area contributed by atoms with E-state index in [1.807, 2.05) is 0 Å². The normalized spacial score (nSPS) is 15.7. The van der Waals surface area contributed by atoms with Gasteiger partial charge in [-0.2, -0.15) is 13.2 Å². The standard InChI is InChI=1S/C22H17ClF3N3O3/c23-14-6-9-19(27-10-14)29-16(11-30)12-32-20-17(2-1-3-18(20)29)21(31)28-15-7-4-13(5-8-15)22(24,25)26/h1-10,16,30H,11-12H2,(H,28,31)/t16-/m0/s1. The third-order valence-corrected chi connectivity index (χ3v) is 5.15. The molecule has 166 valence electrons. The van der Waals surface area contributed by atoms with E-state index in [9.17, 15) is 23.1 Å². The Morgan fingerprint density at radius 2 is 1.94 bits per heavy atom. The number of hydrogen-bond donors (Lipinski definition) is 2. The van der Waals surface area contributed by atoms with Crippen molar-refractivity contribution in [3.8, 4) is 5.75 Å². The summed E-state index contributed by atoms with van der Waals surface area (Å²) in [6, 6.07) is 12.0. The van der Waals surface area contributed by atoms with E-state index < -0.39 is 23.7 Å². The molecule has 1 atom stereocenters. The number of nitrogens with one attached hydrogen (secondary N) is 1. The number of benzene rings is 2. The lowest BCUT2D eigenvalue weighted by Gasteiger charge is -2.37. The number of carbonyl (C=O) groups excluding carboxylic acids is 1. The van der Waals surface area contributed by atoms with Crippen LogP contribution in [0.2, 0.25) is 5.02 Å². The number of nitrogens with zero attached hydrogens (tertiary/aromatic N) is 2. The summed E-state index contributed by atoms with van der Waals surface area (Å²) < 4.78 is 44.1. The third-order valence-electron chi connectivity index (χ3n) is 4.92. The Balaban J connectivity index is 1.65. The molecule has 10 heteroatoms. The van der Waals surface area contributed by atoms with Crippen molar-refractivity contribution in [3.63, 3.8) is 0 Å². The predicted octanol–water partition coefficient (Wildman–Crippen LogP) is 4.90. The zero-order chi connectivity index (χ0) is 22.9. The number of amides is 1. The van der Waals surface area contributed by atoms with Crippen LogP contribution in [0, 0.1) is 0 Å². The molecule has 0 saturated carbocycles. The van der Waals surface area contributed by atoms with Gasteiger partial charge in [0.1, 0.15) is 12.4 Å². The predicted molar refractivity (Wildman–Crippen MR) is 114 cm³/mol. The van der Waals surface area contributed by atoms with Gasteiger partial charge in [-0.15, -0.1) is 0 Å². The summed E-state index contributed by atoms with van der Waals surface area (Å²) in [5.41, 5.74) is 0.112. The van der Waals surface area contributed by atoms with Crippen LogP contribution >= 0.6 is 11.6 Å². The average Bonchev–Trinajstić information content (AvgIpc) is 2.78. The average molecular weight is 464 g/mol. The Bertz CT molecular complexity index is 1120. The van der Waals surface area contributed by atoms with E-state index in [1.54, 1.807) is 35.2 Å². The highest BCUT2D eigenvalue weighted by atomic mass is 35.5. The van der Waals surface area contributed by atoms with E-state index in [0.717, 1.165) is 12.1 Å². The summed E-state index contributed by atoms with van der Waals surface area (Å²) in [4.78, 5) is 19.0. The number of aliphatic hydroxyl groups is 1. The number of ether oxygens (including phenoxy) is 1. The van der Waals surface area contributed by atoms with Crippen LogP contribution in [0.25, 0.3) is 0 Å². The number of alkyl halides is 3. The number of carbonyl (C=O) groups is 1. The molecule has 2 N–H and O–H groups in total. The van der Waals surface area contributed by atoms with Crippen LogP contribution < -0.4 is 15.0 Å². The van der Waals surface area contributed by atoms with E-state index in [-0.39, 0.29) is 30.2 Å². The molecule has 2 heterocycles. The number of fused-ring (bicyclic) bond motifs is 1. The second-order valence-electron chi connectivity index (χ2n) is 7.04. The molecule has 0 fully saturated rings. The zero-order valence-corrected chi connectivity index (χ0v) is 17.2. The first-order chi connectivity index (χ1) is 15.3. The molecule has 0 saturated heterocycles. The lowest BCUT2D eigenvalue weighted by atomic mass is 10.1. The Morgan fingerprint density at radius 1 is 1.19 bits per heavy atom. The molecule has 1 aliphatic rings. The SMILES string of the molecule is O=C(Nc1ccc(C(F)(F)F)cc1)c1cccc2c1OC[C@H](CO)N2c1ccc(Cl)cn1. The van der Waals surface area contributed by atoms with Crippen molar-refractivity contribution in [1.82, 2.24) is 4.98 Å². The van der Waals surface area contributed by atoms with E-state index in [0.29, 0.717) is 16.5 Å². The van der Waals surface area contributed by atoms with Crippen LogP contribution in [0.15, 0.2) is 60.8 Å². The minimum absolute atomic E-state index is 0.0956. The molecule has 32 heavy (non-hydrogen) atoms. The minimum atomic E-state index is -4.46. The van der Waals surface area contributed by atoms with Gasteiger partial charge >= 0.3 is 6.18 Å². The van der Waals surface area contributed by atoms with Crippen molar-refractivity contribution >= 4 is 34.7 Å². The van der Waals surface area contributed by atoms with Crippen molar-refractivity contribution in [2.75, 3.05) is 23.4 Å². The number of aliphatic hydroxyl groups excluding tert-OH is 1. The van der Waals surface area contributed by atoms with Crippen LogP contribution in [0.4, 0.5) is 30.4 Å². The van der Waals surface area contributed by atoms with E-state index in [1.165, 1.54) is 18.3 Å². The topological polar surface area (TPSA) is 74.7 Å². The second-order valence-corrected chi connectivity index (χ2v) is 7.47. The van der Waals surface area contributed by atoms with E-state index >= 15 is 0 Å². The van der Waals surface area contributed by atoms with Gasteiger partial charge in [-0.3, -0.25) is 4.79 Å². The molecule has 1 amide bonds. The molecule has 1 aromatic heterocycles. The number of halogens is 4. The fourth-order valence-electron chi connectivity index (χ4n) is 3.39. The molecule has 0 unspecified atom stereocenters. The van der Waals surface area contributed by atoms with E-state index in [2.05, 4.69) is 10.3 Å². The van der Waals surface area contributed by atoms with Crippen molar-refractivity contribution in [2.45, 2.75) is 12.2 Å². The number of rotatable bonds is 4. The fraction of sp³-hybridized carbons (Fsp3) is 0.182. The number of aromatic nitrogens is 1. The molecular formula is C22H17ClF3N3O3. The minimum Gasteiger partial charge on any atom is -0.488 e. The first-order valence-electron chi connectivity index (χ1n) is 9.54. The van der Waals surface area contributed by atoms with Gasteiger partial charge in [0, 0.05) is 11.9 Å². The molecule has 4 rings (SSSR count). The molecule has 2 aromatic carbocycles. The Kier molecular flexibility index (Phi) is 5.94. The van der Waals surface area contributed by atoms with Crippen molar-refractivity contribution in [3.05, 3.63) is 76.9 Å². The highest BCUT2D eigenvalue weighted by molar-refractivity contribution is 6.30. The zero-order valence-electron chi connectivity index (χ0n) is 16.4. The highest BCUT2D eigenvalue weighted by Gasteiger charge is 2.32. The Labute approximate surface area is 186 Å². The van der Waals surface area contributed by atoms with Crippen molar-refractivity contribution in [2.24, 2.45) is 0 Å². The fourth-order valence-corrected chi connectivity index (χ4v) is 3.50. The molecule has 0 aliphatic carbocycles.